The van der Waals surface area contributed by atoms with Crippen LogP contribution >= 0.6 is 11.8 Å². The Morgan fingerprint density at radius 3 is 2.73 bits per heavy atom. The van der Waals surface area contributed by atoms with Crippen molar-refractivity contribution in [2.75, 3.05) is 7.11 Å². The highest BCUT2D eigenvalue weighted by molar-refractivity contribution is 8.15. The van der Waals surface area contributed by atoms with Crippen LogP contribution < -0.4 is 0 Å². The summed E-state index contributed by atoms with van der Waals surface area (Å²) >= 11 is 1.40. The summed E-state index contributed by atoms with van der Waals surface area (Å²) in [7, 11) is 1.65. The molecule has 0 aromatic heterocycles. The van der Waals surface area contributed by atoms with Crippen molar-refractivity contribution in [3.63, 3.8) is 0 Å². The maximum absolute atomic E-state index is 11.3. The number of ether oxygens (including phenoxy) is 1. The fourth-order valence-corrected chi connectivity index (χ4v) is 3.00. The van der Waals surface area contributed by atoms with E-state index in [1.807, 2.05) is 0 Å². The van der Waals surface area contributed by atoms with Crippen molar-refractivity contribution in [3.05, 3.63) is 11.8 Å². The fourth-order valence-electron chi connectivity index (χ4n) is 1.90. The highest BCUT2D eigenvalue weighted by Gasteiger charge is 2.38. The Kier molecular flexibility index (Phi) is 4.71. The molecule has 0 aliphatic carbocycles. The van der Waals surface area contributed by atoms with Gasteiger partial charge in [0.05, 0.1) is 11.9 Å². The quantitative estimate of drug-likeness (QED) is 0.651. The van der Waals surface area contributed by atoms with Gasteiger partial charge in [-0.25, -0.2) is 0 Å². The van der Waals surface area contributed by atoms with Crippen LogP contribution in [0.25, 0.3) is 0 Å². The summed E-state index contributed by atoms with van der Waals surface area (Å²) in [5.74, 6) is 0.842. The fraction of sp³-hybridized carbons (Fsp3) is 0.750. The second kappa shape index (κ2) is 5.59. The lowest BCUT2D eigenvalue weighted by molar-refractivity contribution is -0.107. The monoisotopic (exact) mass is 228 g/mol. The molecule has 1 aliphatic heterocycles. The first-order valence-electron chi connectivity index (χ1n) is 5.61. The molecule has 0 fully saturated rings. The Hall–Kier alpha value is -0.440. The Labute approximate surface area is 96.5 Å². The van der Waals surface area contributed by atoms with Crippen molar-refractivity contribution < 1.29 is 9.53 Å². The van der Waals surface area contributed by atoms with Gasteiger partial charge in [-0.1, -0.05) is 44.4 Å². The molecule has 1 heterocycles. The molecule has 1 aliphatic rings. The van der Waals surface area contributed by atoms with Gasteiger partial charge in [0.2, 0.25) is 5.12 Å². The number of hydrogen-bond donors (Lipinski definition) is 0. The van der Waals surface area contributed by atoms with E-state index >= 15 is 0 Å². The minimum absolute atomic E-state index is 0.112. The van der Waals surface area contributed by atoms with Gasteiger partial charge in [-0.15, -0.1) is 0 Å². The van der Waals surface area contributed by atoms with Gasteiger partial charge in [0.25, 0.3) is 0 Å². The summed E-state index contributed by atoms with van der Waals surface area (Å²) in [5, 5.41) is 0.129. The van der Waals surface area contributed by atoms with Gasteiger partial charge in [0, 0.05) is 6.08 Å². The Morgan fingerprint density at radius 2 is 2.13 bits per heavy atom. The molecule has 0 N–H and O–H groups in total. The van der Waals surface area contributed by atoms with Crippen molar-refractivity contribution in [1.82, 2.24) is 0 Å². The van der Waals surface area contributed by atoms with Gasteiger partial charge >= 0.3 is 0 Å². The molecule has 86 valence electrons. The summed E-state index contributed by atoms with van der Waals surface area (Å²) < 4.78 is 5.16. The van der Waals surface area contributed by atoms with Gasteiger partial charge < -0.3 is 4.74 Å². The van der Waals surface area contributed by atoms with E-state index < -0.39 is 0 Å². The maximum Gasteiger partial charge on any atom is 0.216 e. The molecule has 0 saturated carbocycles. The van der Waals surface area contributed by atoms with E-state index in [2.05, 4.69) is 13.8 Å². The van der Waals surface area contributed by atoms with Gasteiger partial charge in [0.1, 0.15) is 5.76 Å². The highest BCUT2D eigenvalue weighted by Crippen LogP contribution is 2.43. The van der Waals surface area contributed by atoms with E-state index in [1.165, 1.54) is 37.4 Å². The van der Waals surface area contributed by atoms with E-state index in [4.69, 9.17) is 4.74 Å². The molecule has 0 aromatic carbocycles. The molecular weight excluding hydrogens is 208 g/mol. The third kappa shape index (κ3) is 3.26. The van der Waals surface area contributed by atoms with E-state index in [1.54, 1.807) is 13.2 Å². The zero-order chi connectivity index (χ0) is 11.3. The minimum Gasteiger partial charge on any atom is -0.499 e. The predicted octanol–water partition coefficient (Wildman–Crippen LogP) is 3.52. The van der Waals surface area contributed by atoms with Crippen molar-refractivity contribution in [1.29, 1.82) is 0 Å². The number of carbonyl (C=O) groups excluding carboxylic acids is 1. The average molecular weight is 228 g/mol. The van der Waals surface area contributed by atoms with Crippen molar-refractivity contribution in [2.45, 2.75) is 50.7 Å². The molecule has 15 heavy (non-hydrogen) atoms. The molecule has 1 atom stereocenters. The minimum atomic E-state index is -0.112. The third-order valence-electron chi connectivity index (χ3n) is 2.82. The predicted molar refractivity (Wildman–Crippen MR) is 64.9 cm³/mol. The van der Waals surface area contributed by atoms with E-state index in [9.17, 15) is 4.79 Å². The van der Waals surface area contributed by atoms with Crippen LogP contribution in [0.2, 0.25) is 0 Å². The zero-order valence-electron chi connectivity index (χ0n) is 9.84. The Morgan fingerprint density at radius 1 is 1.40 bits per heavy atom. The highest BCUT2D eigenvalue weighted by atomic mass is 32.2. The summed E-state index contributed by atoms with van der Waals surface area (Å²) in [6.45, 7) is 4.31. The number of methoxy groups -OCH3 is 1. The summed E-state index contributed by atoms with van der Waals surface area (Å²) in [5.41, 5.74) is 0. The summed E-state index contributed by atoms with van der Waals surface area (Å²) in [4.78, 5) is 11.3. The largest absolute Gasteiger partial charge is 0.499 e. The van der Waals surface area contributed by atoms with Crippen LogP contribution in [0.4, 0.5) is 0 Å². The van der Waals surface area contributed by atoms with Crippen LogP contribution in [0.3, 0.4) is 0 Å². The standard InChI is InChI=1S/C12H20O2S/c1-4-5-6-7-8-12(2)10(14-3)9-11(13)15-12/h9H,4-8H2,1-3H3. The van der Waals surface area contributed by atoms with Crippen LogP contribution in [0.5, 0.6) is 0 Å². The number of unbranched alkanes of at least 4 members (excludes halogenated alkanes) is 3. The van der Waals surface area contributed by atoms with Gasteiger partial charge in [0.15, 0.2) is 0 Å². The third-order valence-corrected chi connectivity index (χ3v) is 4.00. The maximum atomic E-state index is 11.3. The van der Waals surface area contributed by atoms with Crippen LogP contribution in [-0.4, -0.2) is 17.0 Å². The smallest absolute Gasteiger partial charge is 0.216 e. The molecule has 0 radical (unpaired) electrons. The average Bonchev–Trinajstić information content (AvgIpc) is 2.49. The first-order valence-corrected chi connectivity index (χ1v) is 6.43. The SMILES string of the molecule is CCCCCCC1(C)SC(=O)C=C1OC. The van der Waals surface area contributed by atoms with Crippen molar-refractivity contribution in [2.24, 2.45) is 0 Å². The molecule has 0 aromatic rings. The first kappa shape index (κ1) is 12.6. The molecular formula is C12H20O2S. The zero-order valence-corrected chi connectivity index (χ0v) is 10.7. The second-order valence-electron chi connectivity index (χ2n) is 4.18. The summed E-state index contributed by atoms with van der Waals surface area (Å²) in [6, 6.07) is 0. The molecule has 0 saturated heterocycles. The number of hydrogen-bond acceptors (Lipinski definition) is 3. The van der Waals surface area contributed by atoms with Gasteiger partial charge in [-0.3, -0.25) is 4.79 Å². The van der Waals surface area contributed by atoms with Gasteiger partial charge in [-0.2, -0.15) is 0 Å². The van der Waals surface area contributed by atoms with Gasteiger partial charge in [-0.05, 0) is 13.3 Å². The lowest BCUT2D eigenvalue weighted by atomic mass is 9.99. The lowest BCUT2D eigenvalue weighted by Crippen LogP contribution is -2.21. The molecule has 0 bridgehead atoms. The Bertz CT molecular complexity index is 260. The summed E-state index contributed by atoms with van der Waals surface area (Å²) in [6.07, 6.45) is 7.60. The molecule has 0 spiro atoms. The number of carbonyl (C=O) groups is 1. The first-order chi connectivity index (χ1) is 7.12. The second-order valence-corrected chi connectivity index (χ2v) is 5.68. The molecule has 3 heteroatoms. The lowest BCUT2D eigenvalue weighted by Gasteiger charge is -2.24. The topological polar surface area (TPSA) is 26.3 Å². The number of thioether (sulfide) groups is 1. The molecule has 1 rings (SSSR count). The van der Waals surface area contributed by atoms with Crippen molar-refractivity contribution >= 4 is 16.9 Å². The van der Waals surface area contributed by atoms with E-state index in [0.29, 0.717) is 0 Å². The van der Waals surface area contributed by atoms with Crippen LogP contribution in [0.1, 0.15) is 46.0 Å². The Balaban J connectivity index is 2.45. The van der Waals surface area contributed by atoms with Crippen molar-refractivity contribution in [3.8, 4) is 0 Å². The van der Waals surface area contributed by atoms with Crippen LogP contribution in [-0.2, 0) is 9.53 Å². The van der Waals surface area contributed by atoms with E-state index in [-0.39, 0.29) is 9.86 Å². The van der Waals surface area contributed by atoms with E-state index in [0.717, 1.165) is 12.2 Å². The van der Waals surface area contributed by atoms with Crippen LogP contribution in [0, 0.1) is 0 Å². The van der Waals surface area contributed by atoms with Crippen LogP contribution in [0.15, 0.2) is 11.8 Å². The molecule has 0 amide bonds. The number of rotatable bonds is 6. The molecule has 1 unspecified atom stereocenters. The normalized spacial score (nSPS) is 25.5. The molecule has 2 nitrogen and oxygen atoms in total.